The molecule has 0 radical (unpaired) electrons. The van der Waals surface area contributed by atoms with Crippen molar-refractivity contribution in [1.29, 1.82) is 0 Å². The lowest BCUT2D eigenvalue weighted by atomic mass is 10.5. The van der Waals surface area contributed by atoms with E-state index in [2.05, 4.69) is 10.8 Å². The van der Waals surface area contributed by atoms with Gasteiger partial charge in [0.05, 0.1) is 0 Å². The molecule has 1 nitrogen and oxygen atoms in total. The van der Waals surface area contributed by atoms with Gasteiger partial charge in [-0.1, -0.05) is 12.2 Å². The van der Waals surface area contributed by atoms with Gasteiger partial charge in [-0.25, -0.2) is 0 Å². The Kier molecular flexibility index (Phi) is 2.51. The standard InChI is InChI=1S/C8H10OS/c1-8(9)4-7-10-5-2-3-6-10/h2-7,10H,1H3. The molecule has 1 aliphatic rings. The Morgan fingerprint density at radius 2 is 2.00 bits per heavy atom. The van der Waals surface area contributed by atoms with Gasteiger partial charge in [0.15, 0.2) is 5.78 Å². The van der Waals surface area contributed by atoms with E-state index < -0.39 is 0 Å². The third-order valence-electron chi connectivity index (χ3n) is 1.11. The first-order chi connectivity index (χ1) is 4.79. The van der Waals surface area contributed by atoms with E-state index in [1.54, 1.807) is 13.0 Å². The van der Waals surface area contributed by atoms with Gasteiger partial charge in [-0.15, -0.1) is 0 Å². The number of hydrogen-bond acceptors (Lipinski definition) is 1. The van der Waals surface area contributed by atoms with Gasteiger partial charge in [0.1, 0.15) is 0 Å². The molecule has 0 bridgehead atoms. The molecule has 0 aromatic heterocycles. The predicted octanol–water partition coefficient (Wildman–Crippen LogP) is 2.13. The monoisotopic (exact) mass is 154 g/mol. The highest BCUT2D eigenvalue weighted by Crippen LogP contribution is 2.33. The van der Waals surface area contributed by atoms with E-state index in [1.165, 1.54) is 0 Å². The fourth-order valence-corrected chi connectivity index (χ4v) is 1.91. The second-order valence-corrected chi connectivity index (χ2v) is 3.85. The SMILES string of the molecule is CC(=O)C=C[SH]1C=CC=C1. The molecule has 0 saturated heterocycles. The zero-order valence-electron chi connectivity index (χ0n) is 5.82. The number of carbonyl (C=O) groups excluding carboxylic acids is 1. The summed E-state index contributed by atoms with van der Waals surface area (Å²) < 4.78 is 0. The van der Waals surface area contributed by atoms with Crippen LogP contribution in [-0.4, -0.2) is 5.78 Å². The van der Waals surface area contributed by atoms with Gasteiger partial charge in [-0.05, 0) is 29.2 Å². The highest BCUT2D eigenvalue weighted by atomic mass is 32.2. The zero-order chi connectivity index (χ0) is 7.40. The molecule has 0 unspecified atom stereocenters. The molecule has 54 valence electrons. The molecule has 0 N–H and O–H groups in total. The molecular weight excluding hydrogens is 144 g/mol. The first kappa shape index (κ1) is 7.35. The van der Waals surface area contributed by atoms with Crippen LogP contribution in [0.2, 0.25) is 0 Å². The highest BCUT2D eigenvalue weighted by Gasteiger charge is 1.92. The molecule has 0 aromatic rings. The van der Waals surface area contributed by atoms with Crippen LogP contribution in [0.15, 0.2) is 34.5 Å². The Labute approximate surface area is 63.5 Å². The van der Waals surface area contributed by atoms with E-state index in [0.29, 0.717) is 0 Å². The Hall–Kier alpha value is -0.760. The summed E-state index contributed by atoms with van der Waals surface area (Å²) >= 11 is 0. The van der Waals surface area contributed by atoms with Gasteiger partial charge in [0.2, 0.25) is 0 Å². The lowest BCUT2D eigenvalue weighted by molar-refractivity contribution is -0.112. The minimum absolute atomic E-state index is 0.121. The largest absolute Gasteiger partial charge is 0.295 e. The predicted molar refractivity (Wildman–Crippen MR) is 47.1 cm³/mol. The van der Waals surface area contributed by atoms with Crippen molar-refractivity contribution < 1.29 is 4.79 Å². The van der Waals surface area contributed by atoms with Crippen molar-refractivity contribution in [3.63, 3.8) is 0 Å². The van der Waals surface area contributed by atoms with Gasteiger partial charge in [-0.3, -0.25) is 4.79 Å². The van der Waals surface area contributed by atoms with E-state index in [1.807, 2.05) is 17.6 Å². The second kappa shape index (κ2) is 3.42. The summed E-state index contributed by atoms with van der Waals surface area (Å²) in [5, 5.41) is 6.17. The first-order valence-corrected chi connectivity index (χ1v) is 4.65. The van der Waals surface area contributed by atoms with Gasteiger partial charge >= 0.3 is 0 Å². The number of thiol groups is 1. The molecule has 0 spiro atoms. The molecule has 1 aliphatic heterocycles. The second-order valence-electron chi connectivity index (χ2n) is 2.06. The van der Waals surface area contributed by atoms with Gasteiger partial charge in [0.25, 0.3) is 0 Å². The van der Waals surface area contributed by atoms with Crippen molar-refractivity contribution in [2.45, 2.75) is 6.92 Å². The maximum Gasteiger partial charge on any atom is 0.153 e. The topological polar surface area (TPSA) is 17.1 Å². The maximum absolute atomic E-state index is 10.5. The smallest absolute Gasteiger partial charge is 0.153 e. The summed E-state index contributed by atoms with van der Waals surface area (Å²) in [7, 11) is -0.240. The van der Waals surface area contributed by atoms with Gasteiger partial charge in [-0.2, -0.15) is 10.9 Å². The summed E-state index contributed by atoms with van der Waals surface area (Å²) in [5.74, 6) is 0.121. The van der Waals surface area contributed by atoms with Crippen LogP contribution in [0.3, 0.4) is 0 Å². The van der Waals surface area contributed by atoms with Crippen LogP contribution < -0.4 is 0 Å². The number of hydrogen-bond donors (Lipinski definition) is 1. The quantitative estimate of drug-likeness (QED) is 0.476. The normalized spacial score (nSPS) is 19.1. The number of ketones is 1. The summed E-state index contributed by atoms with van der Waals surface area (Å²) in [6.07, 6.45) is 5.65. The molecule has 0 aromatic carbocycles. The Bertz CT molecular complexity index is 201. The molecule has 2 heteroatoms. The molecular formula is C8H10OS. The third-order valence-corrected chi connectivity index (χ3v) is 2.64. The van der Waals surface area contributed by atoms with E-state index >= 15 is 0 Å². The Morgan fingerprint density at radius 1 is 1.40 bits per heavy atom. The molecule has 1 rings (SSSR count). The molecule has 0 aliphatic carbocycles. The van der Waals surface area contributed by atoms with Crippen LogP contribution in [0.25, 0.3) is 0 Å². The van der Waals surface area contributed by atoms with Crippen LogP contribution in [-0.2, 0) is 4.79 Å². The minimum Gasteiger partial charge on any atom is -0.295 e. The van der Waals surface area contributed by atoms with Crippen LogP contribution in [0.1, 0.15) is 6.92 Å². The summed E-state index contributed by atoms with van der Waals surface area (Å²) in [6, 6.07) is 0. The molecule has 10 heavy (non-hydrogen) atoms. The van der Waals surface area contributed by atoms with Crippen LogP contribution >= 0.6 is 10.9 Å². The van der Waals surface area contributed by atoms with E-state index in [9.17, 15) is 4.79 Å². The fraction of sp³-hybridized carbons (Fsp3) is 0.125. The van der Waals surface area contributed by atoms with Crippen molar-refractivity contribution >= 4 is 16.7 Å². The summed E-state index contributed by atoms with van der Waals surface area (Å²) in [6.45, 7) is 1.56. The maximum atomic E-state index is 10.5. The minimum atomic E-state index is -0.240. The highest BCUT2D eigenvalue weighted by molar-refractivity contribution is 8.24. The average molecular weight is 154 g/mol. The van der Waals surface area contributed by atoms with Crippen molar-refractivity contribution in [3.8, 4) is 0 Å². The van der Waals surface area contributed by atoms with Crippen molar-refractivity contribution in [2.24, 2.45) is 0 Å². The number of carbonyl (C=O) groups is 1. The van der Waals surface area contributed by atoms with E-state index in [4.69, 9.17) is 0 Å². The van der Waals surface area contributed by atoms with Crippen LogP contribution in [0.4, 0.5) is 0 Å². The zero-order valence-corrected chi connectivity index (χ0v) is 6.71. The van der Waals surface area contributed by atoms with Crippen molar-refractivity contribution in [2.75, 3.05) is 0 Å². The van der Waals surface area contributed by atoms with Crippen LogP contribution in [0, 0.1) is 0 Å². The van der Waals surface area contributed by atoms with E-state index in [-0.39, 0.29) is 16.7 Å². The van der Waals surface area contributed by atoms with Gasteiger partial charge in [0, 0.05) is 0 Å². The lowest BCUT2D eigenvalue weighted by Crippen LogP contribution is -1.77. The molecule has 0 amide bonds. The Balaban J connectivity index is 2.46. The molecule has 1 heterocycles. The number of rotatable bonds is 2. The van der Waals surface area contributed by atoms with Gasteiger partial charge < -0.3 is 0 Å². The third kappa shape index (κ3) is 2.23. The molecule has 0 atom stereocenters. The average Bonchev–Trinajstić information content (AvgIpc) is 2.34. The molecule has 0 saturated carbocycles. The molecule has 0 fully saturated rings. The fourth-order valence-electron chi connectivity index (χ4n) is 0.638. The van der Waals surface area contributed by atoms with E-state index in [0.717, 1.165) is 0 Å². The first-order valence-electron chi connectivity index (χ1n) is 3.10. The summed E-state index contributed by atoms with van der Waals surface area (Å²) in [5.41, 5.74) is 0. The lowest BCUT2D eigenvalue weighted by Gasteiger charge is -1.98. The van der Waals surface area contributed by atoms with Crippen molar-refractivity contribution in [1.82, 2.24) is 0 Å². The van der Waals surface area contributed by atoms with Crippen molar-refractivity contribution in [3.05, 3.63) is 34.5 Å². The number of allylic oxidation sites excluding steroid dienone is 3. The summed E-state index contributed by atoms with van der Waals surface area (Å²) in [4.78, 5) is 10.5. The van der Waals surface area contributed by atoms with Crippen LogP contribution in [0.5, 0.6) is 0 Å². The Morgan fingerprint density at radius 3 is 2.50 bits per heavy atom.